The predicted molar refractivity (Wildman–Crippen MR) is 84.1 cm³/mol. The van der Waals surface area contributed by atoms with E-state index in [1.54, 1.807) is 0 Å². The summed E-state index contributed by atoms with van der Waals surface area (Å²) in [6.07, 6.45) is 2.25. The number of aliphatic carboxylic acids is 1. The zero-order valence-electron chi connectivity index (χ0n) is 12.2. The number of benzene rings is 1. The van der Waals surface area contributed by atoms with Gasteiger partial charge in [0.1, 0.15) is 6.04 Å². The summed E-state index contributed by atoms with van der Waals surface area (Å²) in [6.45, 7) is 3.77. The molecule has 2 unspecified atom stereocenters. The first-order chi connectivity index (χ1) is 9.90. The largest absolute Gasteiger partial charge is 0.480 e. The second-order valence-corrected chi connectivity index (χ2v) is 6.68. The van der Waals surface area contributed by atoms with E-state index in [1.165, 1.54) is 0 Å². The molecule has 1 aliphatic carbocycles. The lowest BCUT2D eigenvalue weighted by Crippen LogP contribution is -2.48. The number of hydrogen-bond acceptors (Lipinski definition) is 2. The quantitative estimate of drug-likeness (QED) is 0.825. The monoisotopic (exact) mass is 353 g/mol. The molecule has 0 bridgehead atoms. The van der Waals surface area contributed by atoms with Gasteiger partial charge in [-0.3, -0.25) is 4.79 Å². The molecule has 2 N–H and O–H groups in total. The topological polar surface area (TPSA) is 66.4 Å². The van der Waals surface area contributed by atoms with Crippen LogP contribution in [0, 0.1) is 5.92 Å². The summed E-state index contributed by atoms with van der Waals surface area (Å²) in [7, 11) is 0. The van der Waals surface area contributed by atoms with E-state index in [1.807, 2.05) is 38.1 Å². The van der Waals surface area contributed by atoms with E-state index in [0.29, 0.717) is 6.42 Å². The van der Waals surface area contributed by atoms with Gasteiger partial charge in [0, 0.05) is 4.47 Å². The molecule has 2 rings (SSSR count). The highest BCUT2D eigenvalue weighted by molar-refractivity contribution is 9.10. The molecule has 1 aliphatic rings. The van der Waals surface area contributed by atoms with Gasteiger partial charge in [-0.2, -0.15) is 0 Å². The molecule has 0 saturated heterocycles. The third-order valence-electron chi connectivity index (χ3n) is 4.35. The Balaban J connectivity index is 2.15. The summed E-state index contributed by atoms with van der Waals surface area (Å²) in [5, 5.41) is 12.0. The van der Waals surface area contributed by atoms with Crippen molar-refractivity contribution in [3.05, 3.63) is 34.3 Å². The SMILES string of the molecule is CCC(C)C(NC(=O)C1(c2ccc(Br)cc2)CC1)C(=O)O. The average Bonchev–Trinajstić information content (AvgIpc) is 3.25. The van der Waals surface area contributed by atoms with Crippen molar-refractivity contribution in [2.24, 2.45) is 5.92 Å². The van der Waals surface area contributed by atoms with Crippen LogP contribution in [0.1, 0.15) is 38.7 Å². The molecule has 0 aliphatic heterocycles. The maximum atomic E-state index is 12.6. The van der Waals surface area contributed by atoms with Crippen LogP contribution in [-0.4, -0.2) is 23.0 Å². The molecule has 0 spiro atoms. The minimum atomic E-state index is -0.968. The van der Waals surface area contributed by atoms with Gasteiger partial charge in [-0.25, -0.2) is 4.79 Å². The number of carbonyl (C=O) groups excluding carboxylic acids is 1. The van der Waals surface area contributed by atoms with E-state index < -0.39 is 17.4 Å². The molecule has 1 saturated carbocycles. The van der Waals surface area contributed by atoms with Crippen molar-refractivity contribution >= 4 is 27.8 Å². The minimum absolute atomic E-state index is 0.0906. The standard InChI is InChI=1S/C16H20BrNO3/c1-3-10(2)13(14(19)20)18-15(21)16(8-9-16)11-4-6-12(17)7-5-11/h4-7,10,13H,3,8-9H2,1-2H3,(H,18,21)(H,19,20). The molecule has 1 amide bonds. The number of rotatable bonds is 6. The lowest BCUT2D eigenvalue weighted by atomic mass is 9.93. The summed E-state index contributed by atoms with van der Waals surface area (Å²) < 4.78 is 0.963. The summed E-state index contributed by atoms with van der Waals surface area (Å²) in [5.74, 6) is -1.23. The van der Waals surface area contributed by atoms with Crippen LogP contribution in [-0.2, 0) is 15.0 Å². The summed E-state index contributed by atoms with van der Waals surface area (Å²) >= 11 is 3.38. The summed E-state index contributed by atoms with van der Waals surface area (Å²) in [5.41, 5.74) is 0.415. The van der Waals surface area contributed by atoms with Crippen LogP contribution in [0.15, 0.2) is 28.7 Å². The van der Waals surface area contributed by atoms with Crippen molar-refractivity contribution in [2.45, 2.75) is 44.6 Å². The van der Waals surface area contributed by atoms with Gasteiger partial charge >= 0.3 is 5.97 Å². The molecular weight excluding hydrogens is 334 g/mol. The fourth-order valence-corrected chi connectivity index (χ4v) is 2.77. The van der Waals surface area contributed by atoms with Crippen LogP contribution in [0.2, 0.25) is 0 Å². The Bertz CT molecular complexity index is 537. The van der Waals surface area contributed by atoms with Gasteiger partial charge in [0.25, 0.3) is 0 Å². The smallest absolute Gasteiger partial charge is 0.326 e. The fraction of sp³-hybridized carbons (Fsp3) is 0.500. The number of amides is 1. The highest BCUT2D eigenvalue weighted by Gasteiger charge is 2.52. The normalized spacial score (nSPS) is 18.6. The van der Waals surface area contributed by atoms with E-state index >= 15 is 0 Å². The van der Waals surface area contributed by atoms with Crippen molar-refractivity contribution in [3.63, 3.8) is 0 Å². The third-order valence-corrected chi connectivity index (χ3v) is 4.88. The number of halogens is 1. The van der Waals surface area contributed by atoms with E-state index in [-0.39, 0.29) is 11.8 Å². The number of carboxylic acid groups (broad SMARTS) is 1. The zero-order chi connectivity index (χ0) is 15.6. The van der Waals surface area contributed by atoms with E-state index in [2.05, 4.69) is 21.2 Å². The Labute approximate surface area is 133 Å². The Kier molecular flexibility index (Phi) is 4.71. The maximum Gasteiger partial charge on any atom is 0.326 e. The molecule has 21 heavy (non-hydrogen) atoms. The van der Waals surface area contributed by atoms with Gasteiger partial charge in [0.15, 0.2) is 0 Å². The Morgan fingerprint density at radius 2 is 1.90 bits per heavy atom. The van der Waals surface area contributed by atoms with E-state index in [9.17, 15) is 14.7 Å². The second-order valence-electron chi connectivity index (χ2n) is 5.76. The van der Waals surface area contributed by atoms with Gasteiger partial charge in [-0.1, -0.05) is 48.3 Å². The van der Waals surface area contributed by atoms with Crippen molar-refractivity contribution < 1.29 is 14.7 Å². The van der Waals surface area contributed by atoms with Crippen molar-refractivity contribution in [2.75, 3.05) is 0 Å². The van der Waals surface area contributed by atoms with Crippen LogP contribution in [0.25, 0.3) is 0 Å². The first-order valence-electron chi connectivity index (χ1n) is 7.20. The van der Waals surface area contributed by atoms with E-state index in [0.717, 1.165) is 22.9 Å². The first kappa shape index (κ1) is 16.0. The minimum Gasteiger partial charge on any atom is -0.480 e. The number of carboxylic acids is 1. The van der Waals surface area contributed by atoms with Gasteiger partial charge in [-0.05, 0) is 36.5 Å². The third kappa shape index (κ3) is 3.28. The first-order valence-corrected chi connectivity index (χ1v) is 8.00. The Morgan fingerprint density at radius 3 is 2.33 bits per heavy atom. The molecule has 1 aromatic rings. The van der Waals surface area contributed by atoms with Gasteiger partial charge < -0.3 is 10.4 Å². The van der Waals surface area contributed by atoms with Crippen LogP contribution in [0.4, 0.5) is 0 Å². The van der Waals surface area contributed by atoms with Gasteiger partial charge in [-0.15, -0.1) is 0 Å². The lowest BCUT2D eigenvalue weighted by molar-refractivity contribution is -0.143. The second kappa shape index (κ2) is 6.18. The number of nitrogens with one attached hydrogen (secondary N) is 1. The number of carbonyl (C=O) groups is 2. The van der Waals surface area contributed by atoms with Gasteiger partial charge in [0.05, 0.1) is 5.41 Å². The molecule has 0 radical (unpaired) electrons. The zero-order valence-corrected chi connectivity index (χ0v) is 13.8. The molecule has 0 heterocycles. The fourth-order valence-electron chi connectivity index (χ4n) is 2.50. The average molecular weight is 354 g/mol. The Hall–Kier alpha value is -1.36. The highest BCUT2D eigenvalue weighted by Crippen LogP contribution is 2.48. The molecule has 1 aromatic carbocycles. The van der Waals surface area contributed by atoms with Crippen molar-refractivity contribution in [3.8, 4) is 0 Å². The van der Waals surface area contributed by atoms with Crippen molar-refractivity contribution in [1.82, 2.24) is 5.32 Å². The van der Waals surface area contributed by atoms with Crippen LogP contribution < -0.4 is 5.32 Å². The Morgan fingerprint density at radius 1 is 1.33 bits per heavy atom. The molecular formula is C16H20BrNO3. The molecule has 114 valence electrons. The molecule has 5 heteroatoms. The number of hydrogen-bond donors (Lipinski definition) is 2. The summed E-state index contributed by atoms with van der Waals surface area (Å²) in [4.78, 5) is 23.9. The molecule has 2 atom stereocenters. The molecule has 1 fully saturated rings. The van der Waals surface area contributed by atoms with Crippen LogP contribution in [0.5, 0.6) is 0 Å². The maximum absolute atomic E-state index is 12.6. The predicted octanol–water partition coefficient (Wildman–Crippen LogP) is 3.10. The highest BCUT2D eigenvalue weighted by atomic mass is 79.9. The van der Waals surface area contributed by atoms with Crippen LogP contribution in [0.3, 0.4) is 0 Å². The van der Waals surface area contributed by atoms with Gasteiger partial charge in [0.2, 0.25) is 5.91 Å². The lowest BCUT2D eigenvalue weighted by Gasteiger charge is -2.23. The van der Waals surface area contributed by atoms with Crippen molar-refractivity contribution in [1.29, 1.82) is 0 Å². The van der Waals surface area contributed by atoms with E-state index in [4.69, 9.17) is 0 Å². The summed E-state index contributed by atoms with van der Waals surface area (Å²) in [6, 6.07) is 6.85. The molecule has 0 aromatic heterocycles. The van der Waals surface area contributed by atoms with Crippen LogP contribution >= 0.6 is 15.9 Å². The molecule has 4 nitrogen and oxygen atoms in total.